The number of ether oxygens (including phenoxy) is 1. The summed E-state index contributed by atoms with van der Waals surface area (Å²) in [5, 5.41) is 14.6. The van der Waals surface area contributed by atoms with E-state index in [0.717, 1.165) is 24.4 Å². The molecule has 18 heavy (non-hydrogen) atoms. The Morgan fingerprint density at radius 3 is 2.61 bits per heavy atom. The van der Waals surface area contributed by atoms with E-state index in [1.54, 1.807) is 0 Å². The van der Waals surface area contributed by atoms with Crippen LogP contribution in [0.25, 0.3) is 0 Å². The van der Waals surface area contributed by atoms with Crippen molar-refractivity contribution in [1.29, 1.82) is 0 Å². The van der Waals surface area contributed by atoms with Crippen molar-refractivity contribution < 1.29 is 9.94 Å². The first-order chi connectivity index (χ1) is 8.61. The Bertz CT molecular complexity index is 374. The zero-order chi connectivity index (χ0) is 13.4. The molecule has 1 aromatic rings. The largest absolute Gasteiger partial charge is 0.491 e. The fourth-order valence-corrected chi connectivity index (χ4v) is 1.48. The molecule has 0 amide bonds. The van der Waals surface area contributed by atoms with Crippen molar-refractivity contribution in [2.24, 2.45) is 10.9 Å². The van der Waals surface area contributed by atoms with E-state index in [-0.39, 0.29) is 11.9 Å². The Morgan fingerprint density at radius 2 is 2.06 bits per heavy atom. The summed E-state index contributed by atoms with van der Waals surface area (Å²) < 4.78 is 5.55. The first kappa shape index (κ1) is 14.2. The summed E-state index contributed by atoms with van der Waals surface area (Å²) in [7, 11) is 0. The fourth-order valence-electron chi connectivity index (χ4n) is 1.48. The lowest BCUT2D eigenvalue weighted by atomic mass is 10.2. The molecule has 0 aliphatic carbocycles. The predicted molar refractivity (Wildman–Crippen MR) is 73.3 cm³/mol. The van der Waals surface area contributed by atoms with E-state index in [4.69, 9.17) is 15.7 Å². The Balaban J connectivity index is 2.31. The van der Waals surface area contributed by atoms with Crippen LogP contribution in [0.4, 0.5) is 5.69 Å². The zero-order valence-electron chi connectivity index (χ0n) is 10.9. The molecule has 1 rings (SSSR count). The number of rotatable bonds is 7. The fraction of sp³-hybridized carbons (Fsp3) is 0.462. The molecule has 0 aromatic heterocycles. The average Bonchev–Trinajstić information content (AvgIpc) is 2.35. The number of amidine groups is 1. The Kier molecular flexibility index (Phi) is 5.84. The smallest absolute Gasteiger partial charge is 0.139 e. The molecule has 100 valence electrons. The zero-order valence-corrected chi connectivity index (χ0v) is 10.9. The van der Waals surface area contributed by atoms with Crippen LogP contribution in [-0.4, -0.2) is 23.7 Å². The third kappa shape index (κ3) is 5.43. The first-order valence-corrected chi connectivity index (χ1v) is 6.09. The Morgan fingerprint density at radius 1 is 1.39 bits per heavy atom. The Hall–Kier alpha value is -1.91. The molecule has 0 saturated heterocycles. The highest BCUT2D eigenvalue weighted by molar-refractivity contribution is 5.79. The van der Waals surface area contributed by atoms with Gasteiger partial charge < -0.3 is 21.0 Å². The maximum atomic E-state index is 8.38. The molecular formula is C13H21N3O2. The number of nitrogens with two attached hydrogens (primary N) is 1. The summed E-state index contributed by atoms with van der Waals surface area (Å²) >= 11 is 0. The van der Waals surface area contributed by atoms with Crippen LogP contribution in [0.5, 0.6) is 5.75 Å². The van der Waals surface area contributed by atoms with E-state index in [1.807, 2.05) is 38.1 Å². The van der Waals surface area contributed by atoms with Crippen molar-refractivity contribution >= 4 is 11.5 Å². The van der Waals surface area contributed by atoms with E-state index in [0.29, 0.717) is 6.42 Å². The van der Waals surface area contributed by atoms with E-state index >= 15 is 0 Å². The molecular weight excluding hydrogens is 230 g/mol. The molecule has 0 spiro atoms. The van der Waals surface area contributed by atoms with Crippen molar-refractivity contribution in [1.82, 2.24) is 0 Å². The van der Waals surface area contributed by atoms with E-state index in [1.165, 1.54) is 0 Å². The van der Waals surface area contributed by atoms with Crippen molar-refractivity contribution in [2.75, 3.05) is 11.9 Å². The van der Waals surface area contributed by atoms with Gasteiger partial charge in [0.1, 0.15) is 11.6 Å². The van der Waals surface area contributed by atoms with Gasteiger partial charge in [-0.05, 0) is 44.5 Å². The lowest BCUT2D eigenvalue weighted by molar-refractivity contribution is 0.242. The molecule has 0 fully saturated rings. The molecule has 0 heterocycles. The molecule has 1 aromatic carbocycles. The number of hydrogen-bond acceptors (Lipinski definition) is 4. The van der Waals surface area contributed by atoms with E-state index in [2.05, 4.69) is 10.5 Å². The number of benzene rings is 1. The monoisotopic (exact) mass is 251 g/mol. The summed E-state index contributed by atoms with van der Waals surface area (Å²) in [6.07, 6.45) is 1.59. The normalized spacial score (nSPS) is 11.6. The van der Waals surface area contributed by atoms with Crippen LogP contribution in [0.1, 0.15) is 26.7 Å². The topological polar surface area (TPSA) is 79.9 Å². The molecule has 0 bridgehead atoms. The van der Waals surface area contributed by atoms with Gasteiger partial charge in [0, 0.05) is 18.7 Å². The van der Waals surface area contributed by atoms with Crippen LogP contribution >= 0.6 is 0 Å². The number of oxime groups is 1. The highest BCUT2D eigenvalue weighted by Gasteiger charge is 1.98. The summed E-state index contributed by atoms with van der Waals surface area (Å²) in [4.78, 5) is 0. The second kappa shape index (κ2) is 7.42. The van der Waals surface area contributed by atoms with Gasteiger partial charge in [0.15, 0.2) is 0 Å². The molecule has 0 radical (unpaired) electrons. The molecule has 0 atom stereocenters. The number of nitrogens with one attached hydrogen (secondary N) is 1. The average molecular weight is 251 g/mol. The highest BCUT2D eigenvalue weighted by Crippen LogP contribution is 2.16. The van der Waals surface area contributed by atoms with Crippen molar-refractivity contribution in [3.63, 3.8) is 0 Å². The van der Waals surface area contributed by atoms with Gasteiger partial charge >= 0.3 is 0 Å². The van der Waals surface area contributed by atoms with Crippen LogP contribution in [0.15, 0.2) is 29.4 Å². The Labute approximate surface area is 108 Å². The van der Waals surface area contributed by atoms with Crippen LogP contribution in [0.3, 0.4) is 0 Å². The van der Waals surface area contributed by atoms with Crippen LogP contribution in [0, 0.1) is 0 Å². The number of anilines is 1. The lowest BCUT2D eigenvalue weighted by Crippen LogP contribution is -2.13. The quantitative estimate of drug-likeness (QED) is 0.228. The van der Waals surface area contributed by atoms with Crippen LogP contribution in [0.2, 0.25) is 0 Å². The van der Waals surface area contributed by atoms with E-state index in [9.17, 15) is 0 Å². The number of nitrogens with zero attached hydrogens (tertiary/aromatic N) is 1. The minimum Gasteiger partial charge on any atom is -0.491 e. The van der Waals surface area contributed by atoms with Gasteiger partial charge in [-0.15, -0.1) is 0 Å². The highest BCUT2D eigenvalue weighted by atomic mass is 16.5. The van der Waals surface area contributed by atoms with Gasteiger partial charge in [0.2, 0.25) is 0 Å². The lowest BCUT2D eigenvalue weighted by Gasteiger charge is -2.11. The maximum Gasteiger partial charge on any atom is 0.139 e. The standard InChI is InChI=1S/C13H21N3O2/c1-10(2)18-12-7-5-11(6-8-12)15-9-3-4-13(14)16-17/h5-8,10,15,17H,3-4,9H2,1-2H3,(H2,14,16). The third-order valence-electron chi connectivity index (χ3n) is 2.29. The molecule has 0 unspecified atom stereocenters. The van der Waals surface area contributed by atoms with Crippen LogP contribution < -0.4 is 15.8 Å². The summed E-state index contributed by atoms with van der Waals surface area (Å²) in [6.45, 7) is 4.78. The minimum atomic E-state index is 0.185. The third-order valence-corrected chi connectivity index (χ3v) is 2.29. The summed E-state index contributed by atoms with van der Waals surface area (Å²) in [6, 6.07) is 7.82. The molecule has 5 heteroatoms. The van der Waals surface area contributed by atoms with Crippen LogP contribution in [-0.2, 0) is 0 Å². The van der Waals surface area contributed by atoms with Gasteiger partial charge in [0.05, 0.1) is 6.10 Å². The molecule has 0 aliphatic rings. The van der Waals surface area contributed by atoms with Crippen molar-refractivity contribution in [3.05, 3.63) is 24.3 Å². The van der Waals surface area contributed by atoms with Gasteiger partial charge in [-0.1, -0.05) is 5.16 Å². The molecule has 0 saturated carbocycles. The van der Waals surface area contributed by atoms with Gasteiger partial charge in [-0.25, -0.2) is 0 Å². The predicted octanol–water partition coefficient (Wildman–Crippen LogP) is 2.41. The van der Waals surface area contributed by atoms with Gasteiger partial charge in [-0.2, -0.15) is 0 Å². The van der Waals surface area contributed by atoms with Crippen molar-refractivity contribution in [2.45, 2.75) is 32.8 Å². The van der Waals surface area contributed by atoms with Gasteiger partial charge in [-0.3, -0.25) is 0 Å². The summed E-state index contributed by atoms with van der Waals surface area (Å²) in [5.74, 6) is 1.13. The molecule has 4 N–H and O–H groups in total. The number of hydrogen-bond donors (Lipinski definition) is 3. The minimum absolute atomic E-state index is 0.185. The molecule has 0 aliphatic heterocycles. The SMILES string of the molecule is CC(C)Oc1ccc(NCCCC(N)=NO)cc1. The second-order valence-corrected chi connectivity index (χ2v) is 4.31. The maximum absolute atomic E-state index is 8.38. The second-order valence-electron chi connectivity index (χ2n) is 4.31. The molecule has 5 nitrogen and oxygen atoms in total. The van der Waals surface area contributed by atoms with Crippen molar-refractivity contribution in [3.8, 4) is 5.75 Å². The van der Waals surface area contributed by atoms with Gasteiger partial charge in [0.25, 0.3) is 0 Å². The van der Waals surface area contributed by atoms with E-state index < -0.39 is 0 Å². The summed E-state index contributed by atoms with van der Waals surface area (Å²) in [5.41, 5.74) is 6.41. The first-order valence-electron chi connectivity index (χ1n) is 6.09.